The molecule has 24 heavy (non-hydrogen) atoms. The van der Waals surface area contributed by atoms with Crippen LogP contribution in [0.1, 0.15) is 31.2 Å². The Morgan fingerprint density at radius 2 is 2.17 bits per heavy atom. The van der Waals surface area contributed by atoms with E-state index in [4.69, 9.17) is 10.5 Å². The number of nitrogens with one attached hydrogen (secondary N) is 1. The maximum Gasteiger partial charge on any atom is 0.237 e. The number of amides is 2. The molecule has 130 valence electrons. The van der Waals surface area contributed by atoms with Gasteiger partial charge in [-0.3, -0.25) is 9.59 Å². The summed E-state index contributed by atoms with van der Waals surface area (Å²) in [6.07, 6.45) is 3.18. The second-order valence-electron chi connectivity index (χ2n) is 6.51. The van der Waals surface area contributed by atoms with Gasteiger partial charge in [-0.05, 0) is 42.9 Å². The first-order valence-electron chi connectivity index (χ1n) is 8.65. The summed E-state index contributed by atoms with van der Waals surface area (Å²) in [5, 5.41) is 2.92. The van der Waals surface area contributed by atoms with Crippen molar-refractivity contribution >= 4 is 17.5 Å². The van der Waals surface area contributed by atoms with Crippen LogP contribution in [0.15, 0.2) is 24.3 Å². The van der Waals surface area contributed by atoms with Gasteiger partial charge in [-0.15, -0.1) is 0 Å². The number of anilines is 1. The SMILES string of the molecule is NC(C(=O)NCc1cccc(N2CCCC2=O)c1)C1CCOCC1. The van der Waals surface area contributed by atoms with E-state index in [-0.39, 0.29) is 17.7 Å². The molecule has 2 amide bonds. The number of nitrogens with two attached hydrogens (primary N) is 1. The largest absolute Gasteiger partial charge is 0.381 e. The molecule has 6 nitrogen and oxygen atoms in total. The van der Waals surface area contributed by atoms with Crippen LogP contribution < -0.4 is 16.0 Å². The minimum absolute atomic E-state index is 0.121. The van der Waals surface area contributed by atoms with Gasteiger partial charge < -0.3 is 20.7 Å². The smallest absolute Gasteiger partial charge is 0.237 e. The van der Waals surface area contributed by atoms with E-state index in [0.29, 0.717) is 26.2 Å². The molecule has 1 unspecified atom stereocenters. The molecule has 1 atom stereocenters. The Bertz CT molecular complexity index is 599. The molecular weight excluding hydrogens is 306 g/mol. The first-order valence-corrected chi connectivity index (χ1v) is 8.65. The average molecular weight is 331 g/mol. The van der Waals surface area contributed by atoms with Crippen LogP contribution in [0.4, 0.5) is 5.69 Å². The van der Waals surface area contributed by atoms with E-state index in [0.717, 1.165) is 37.1 Å². The molecule has 2 saturated heterocycles. The summed E-state index contributed by atoms with van der Waals surface area (Å²) in [5.74, 6) is 0.231. The molecule has 2 aliphatic heterocycles. The van der Waals surface area contributed by atoms with Gasteiger partial charge in [0.25, 0.3) is 0 Å². The minimum Gasteiger partial charge on any atom is -0.381 e. The van der Waals surface area contributed by atoms with Crippen molar-refractivity contribution < 1.29 is 14.3 Å². The van der Waals surface area contributed by atoms with E-state index in [2.05, 4.69) is 5.32 Å². The number of benzene rings is 1. The molecule has 0 saturated carbocycles. The van der Waals surface area contributed by atoms with E-state index >= 15 is 0 Å². The normalized spacial score (nSPS) is 20.2. The quantitative estimate of drug-likeness (QED) is 0.848. The molecule has 0 radical (unpaired) electrons. The summed E-state index contributed by atoms with van der Waals surface area (Å²) in [6, 6.07) is 7.27. The van der Waals surface area contributed by atoms with Crippen LogP contribution in [0.2, 0.25) is 0 Å². The fourth-order valence-corrected chi connectivity index (χ4v) is 3.35. The predicted molar refractivity (Wildman–Crippen MR) is 91.4 cm³/mol. The lowest BCUT2D eigenvalue weighted by Crippen LogP contribution is -2.46. The van der Waals surface area contributed by atoms with Gasteiger partial charge in [0.15, 0.2) is 0 Å². The van der Waals surface area contributed by atoms with Gasteiger partial charge in [-0.2, -0.15) is 0 Å². The third kappa shape index (κ3) is 3.94. The second kappa shape index (κ2) is 7.77. The summed E-state index contributed by atoms with van der Waals surface area (Å²) in [6.45, 7) is 2.55. The Hall–Kier alpha value is -1.92. The topological polar surface area (TPSA) is 84.7 Å². The molecule has 0 aromatic heterocycles. The molecule has 1 aromatic rings. The van der Waals surface area contributed by atoms with Gasteiger partial charge in [0, 0.05) is 38.4 Å². The number of hydrogen-bond acceptors (Lipinski definition) is 4. The first-order chi connectivity index (χ1) is 11.6. The zero-order valence-corrected chi connectivity index (χ0v) is 13.9. The van der Waals surface area contributed by atoms with Gasteiger partial charge in [0.1, 0.15) is 0 Å². The van der Waals surface area contributed by atoms with Gasteiger partial charge >= 0.3 is 0 Å². The van der Waals surface area contributed by atoms with E-state index in [1.54, 1.807) is 4.90 Å². The summed E-state index contributed by atoms with van der Waals surface area (Å²) >= 11 is 0. The Morgan fingerprint density at radius 3 is 2.88 bits per heavy atom. The standard InChI is InChI=1S/C18H25N3O3/c19-17(14-6-9-24-10-7-14)18(23)20-12-13-3-1-4-15(11-13)21-8-2-5-16(21)22/h1,3-4,11,14,17H,2,5-10,12,19H2,(H,20,23). The molecule has 2 heterocycles. The van der Waals surface area contributed by atoms with Crippen LogP contribution in [0, 0.1) is 5.92 Å². The number of carbonyl (C=O) groups is 2. The van der Waals surface area contributed by atoms with Crippen LogP contribution in [-0.2, 0) is 20.9 Å². The lowest BCUT2D eigenvalue weighted by Gasteiger charge is -2.26. The van der Waals surface area contributed by atoms with Crippen molar-refractivity contribution in [3.63, 3.8) is 0 Å². The molecule has 3 rings (SSSR count). The molecule has 3 N–H and O–H groups in total. The molecule has 0 spiro atoms. The minimum atomic E-state index is -0.489. The van der Waals surface area contributed by atoms with Crippen LogP contribution in [0.3, 0.4) is 0 Å². The third-order valence-electron chi connectivity index (χ3n) is 4.84. The highest BCUT2D eigenvalue weighted by molar-refractivity contribution is 5.95. The zero-order valence-electron chi connectivity index (χ0n) is 13.9. The number of rotatable bonds is 5. The first kappa shape index (κ1) is 16.9. The van der Waals surface area contributed by atoms with Crippen molar-refractivity contribution in [1.29, 1.82) is 0 Å². The highest BCUT2D eigenvalue weighted by Crippen LogP contribution is 2.22. The van der Waals surface area contributed by atoms with Crippen molar-refractivity contribution in [2.75, 3.05) is 24.7 Å². The van der Waals surface area contributed by atoms with Gasteiger partial charge in [-0.1, -0.05) is 12.1 Å². The van der Waals surface area contributed by atoms with Gasteiger partial charge in [-0.25, -0.2) is 0 Å². The van der Waals surface area contributed by atoms with Crippen LogP contribution in [-0.4, -0.2) is 37.6 Å². The lowest BCUT2D eigenvalue weighted by molar-refractivity contribution is -0.124. The molecule has 2 aliphatic rings. The van der Waals surface area contributed by atoms with Crippen molar-refractivity contribution in [2.45, 2.75) is 38.3 Å². The Kier molecular flexibility index (Phi) is 5.48. The maximum absolute atomic E-state index is 12.3. The molecule has 0 aliphatic carbocycles. The van der Waals surface area contributed by atoms with E-state index in [1.165, 1.54) is 0 Å². The predicted octanol–water partition coefficient (Wildman–Crippen LogP) is 1.18. The van der Waals surface area contributed by atoms with Gasteiger partial charge in [0.05, 0.1) is 6.04 Å². The monoisotopic (exact) mass is 331 g/mol. The van der Waals surface area contributed by atoms with Crippen LogP contribution in [0.25, 0.3) is 0 Å². The number of carbonyl (C=O) groups excluding carboxylic acids is 2. The molecule has 2 fully saturated rings. The lowest BCUT2D eigenvalue weighted by atomic mass is 9.92. The number of nitrogens with zero attached hydrogens (tertiary/aromatic N) is 1. The number of hydrogen-bond donors (Lipinski definition) is 2. The fourth-order valence-electron chi connectivity index (χ4n) is 3.35. The zero-order chi connectivity index (χ0) is 16.9. The summed E-state index contributed by atoms with van der Waals surface area (Å²) < 4.78 is 5.31. The molecule has 0 bridgehead atoms. The van der Waals surface area contributed by atoms with Crippen molar-refractivity contribution in [1.82, 2.24) is 5.32 Å². The van der Waals surface area contributed by atoms with E-state index in [1.807, 2.05) is 24.3 Å². The average Bonchev–Trinajstić information content (AvgIpc) is 3.06. The maximum atomic E-state index is 12.3. The third-order valence-corrected chi connectivity index (χ3v) is 4.84. The summed E-state index contributed by atoms with van der Waals surface area (Å²) in [7, 11) is 0. The highest BCUT2D eigenvalue weighted by atomic mass is 16.5. The van der Waals surface area contributed by atoms with Crippen molar-refractivity contribution in [2.24, 2.45) is 11.7 Å². The van der Waals surface area contributed by atoms with Crippen LogP contribution >= 0.6 is 0 Å². The van der Waals surface area contributed by atoms with E-state index < -0.39 is 6.04 Å². The summed E-state index contributed by atoms with van der Waals surface area (Å²) in [5.41, 5.74) is 7.96. The van der Waals surface area contributed by atoms with E-state index in [9.17, 15) is 9.59 Å². The van der Waals surface area contributed by atoms with Crippen molar-refractivity contribution in [3.05, 3.63) is 29.8 Å². The van der Waals surface area contributed by atoms with Gasteiger partial charge in [0.2, 0.25) is 11.8 Å². The molecule has 6 heteroatoms. The second-order valence-corrected chi connectivity index (χ2v) is 6.51. The Labute approximate surface area is 142 Å². The Balaban J connectivity index is 1.56. The van der Waals surface area contributed by atoms with Crippen molar-refractivity contribution in [3.8, 4) is 0 Å². The van der Waals surface area contributed by atoms with Crippen LogP contribution in [0.5, 0.6) is 0 Å². The molecular formula is C18H25N3O3. The fraction of sp³-hybridized carbons (Fsp3) is 0.556. The Morgan fingerprint density at radius 1 is 1.38 bits per heavy atom. The molecule has 1 aromatic carbocycles. The summed E-state index contributed by atoms with van der Waals surface area (Å²) in [4.78, 5) is 25.9. The number of ether oxygens (including phenoxy) is 1. The highest BCUT2D eigenvalue weighted by Gasteiger charge is 2.26.